The lowest BCUT2D eigenvalue weighted by atomic mass is 9.96. The van der Waals surface area contributed by atoms with E-state index < -0.39 is 9.73 Å². The van der Waals surface area contributed by atoms with E-state index in [9.17, 15) is 9.00 Å². The molecule has 0 aromatic carbocycles. The number of rotatable bonds is 1. The molecule has 1 saturated heterocycles. The highest BCUT2D eigenvalue weighted by Gasteiger charge is 2.19. The monoisotopic (exact) mass is 259 g/mol. The SMILES string of the molecule is O=C(N=S1(=O)CCNCC1)NC1CCCCC1. The number of carbonyl (C=O) groups excluding carboxylic acids is 1. The van der Waals surface area contributed by atoms with Gasteiger partial charge in [-0.2, -0.15) is 0 Å². The molecule has 2 rings (SSSR count). The highest BCUT2D eigenvalue weighted by Crippen LogP contribution is 2.17. The zero-order valence-electron chi connectivity index (χ0n) is 10.1. The van der Waals surface area contributed by atoms with E-state index in [0.717, 1.165) is 12.8 Å². The minimum absolute atomic E-state index is 0.240. The van der Waals surface area contributed by atoms with Crippen LogP contribution in [0.1, 0.15) is 32.1 Å². The average Bonchev–Trinajstić information content (AvgIpc) is 2.30. The second kappa shape index (κ2) is 5.82. The minimum Gasteiger partial charge on any atom is -0.333 e. The van der Waals surface area contributed by atoms with Crippen molar-refractivity contribution in [2.75, 3.05) is 24.6 Å². The molecule has 0 atom stereocenters. The molecule has 2 N–H and O–H groups in total. The van der Waals surface area contributed by atoms with Crippen LogP contribution in [-0.2, 0) is 9.73 Å². The van der Waals surface area contributed by atoms with Gasteiger partial charge in [-0.05, 0) is 12.8 Å². The van der Waals surface area contributed by atoms with Crippen molar-refractivity contribution in [2.24, 2.45) is 4.36 Å². The standard InChI is InChI=1S/C11H21N3O2S/c15-11(13-10-4-2-1-3-5-10)14-17(16)8-6-12-7-9-17/h10,12H,1-9H2,(H,13,15). The van der Waals surface area contributed by atoms with Crippen molar-refractivity contribution in [3.05, 3.63) is 0 Å². The lowest BCUT2D eigenvalue weighted by molar-refractivity contribution is 0.241. The van der Waals surface area contributed by atoms with Crippen LogP contribution >= 0.6 is 0 Å². The molecule has 0 bridgehead atoms. The maximum absolute atomic E-state index is 12.2. The van der Waals surface area contributed by atoms with Gasteiger partial charge in [0.2, 0.25) is 0 Å². The van der Waals surface area contributed by atoms with E-state index in [1.165, 1.54) is 19.3 Å². The van der Waals surface area contributed by atoms with Gasteiger partial charge in [0.1, 0.15) is 0 Å². The molecule has 1 saturated carbocycles. The van der Waals surface area contributed by atoms with Crippen molar-refractivity contribution in [1.29, 1.82) is 0 Å². The number of hydrogen-bond donors (Lipinski definition) is 2. The Morgan fingerprint density at radius 1 is 1.18 bits per heavy atom. The second-order valence-corrected chi connectivity index (χ2v) is 7.35. The van der Waals surface area contributed by atoms with E-state index in [4.69, 9.17) is 0 Å². The fourth-order valence-corrected chi connectivity index (χ4v) is 4.05. The third-order valence-electron chi connectivity index (χ3n) is 3.38. The normalized spacial score (nSPS) is 25.2. The minimum atomic E-state index is -2.29. The van der Waals surface area contributed by atoms with Crippen LogP contribution in [0.5, 0.6) is 0 Å². The maximum atomic E-state index is 12.2. The Balaban J connectivity index is 1.90. The van der Waals surface area contributed by atoms with Gasteiger partial charge in [0.05, 0.1) is 9.73 Å². The fourth-order valence-electron chi connectivity index (χ4n) is 2.38. The summed E-state index contributed by atoms with van der Waals surface area (Å²) in [5, 5.41) is 6.01. The summed E-state index contributed by atoms with van der Waals surface area (Å²) in [6, 6.07) is -0.131. The van der Waals surface area contributed by atoms with E-state index in [0.29, 0.717) is 24.6 Å². The lowest BCUT2D eigenvalue weighted by Gasteiger charge is -2.22. The Bertz CT molecular complexity index is 370. The third-order valence-corrected chi connectivity index (χ3v) is 5.56. The summed E-state index contributed by atoms with van der Waals surface area (Å²) in [7, 11) is -2.29. The largest absolute Gasteiger partial charge is 0.349 e. The molecule has 6 heteroatoms. The Morgan fingerprint density at radius 3 is 2.47 bits per heavy atom. The molecule has 0 radical (unpaired) electrons. The number of carbonyl (C=O) groups is 1. The molecule has 1 aliphatic heterocycles. The Labute approximate surface area is 103 Å². The number of hydrogen-bond acceptors (Lipinski definition) is 3. The zero-order valence-corrected chi connectivity index (χ0v) is 10.9. The van der Waals surface area contributed by atoms with Crippen LogP contribution in [0.4, 0.5) is 4.79 Å². The van der Waals surface area contributed by atoms with Crippen LogP contribution in [0.3, 0.4) is 0 Å². The van der Waals surface area contributed by atoms with Crippen molar-refractivity contribution in [1.82, 2.24) is 10.6 Å². The maximum Gasteiger partial charge on any atom is 0.349 e. The van der Waals surface area contributed by atoms with E-state index in [1.807, 2.05) is 0 Å². The number of urea groups is 1. The van der Waals surface area contributed by atoms with Crippen LogP contribution in [0.25, 0.3) is 0 Å². The first kappa shape index (κ1) is 12.8. The number of nitrogens with one attached hydrogen (secondary N) is 2. The van der Waals surface area contributed by atoms with Gasteiger partial charge in [0.15, 0.2) is 0 Å². The van der Waals surface area contributed by atoms with E-state index >= 15 is 0 Å². The molecule has 0 spiro atoms. The Kier molecular flexibility index (Phi) is 4.39. The third kappa shape index (κ3) is 3.96. The first-order valence-electron chi connectivity index (χ1n) is 6.42. The van der Waals surface area contributed by atoms with Gasteiger partial charge < -0.3 is 10.6 Å². The van der Waals surface area contributed by atoms with Crippen LogP contribution in [0.2, 0.25) is 0 Å². The Morgan fingerprint density at radius 2 is 1.82 bits per heavy atom. The molecule has 2 amide bonds. The summed E-state index contributed by atoms with van der Waals surface area (Å²) in [6.45, 7) is 1.39. The van der Waals surface area contributed by atoms with Gasteiger partial charge in [-0.1, -0.05) is 19.3 Å². The van der Waals surface area contributed by atoms with Crippen LogP contribution in [-0.4, -0.2) is 40.9 Å². The summed E-state index contributed by atoms with van der Waals surface area (Å²) in [5.41, 5.74) is 0. The number of amides is 2. The summed E-state index contributed by atoms with van der Waals surface area (Å²) in [6.07, 6.45) is 5.66. The molecule has 17 heavy (non-hydrogen) atoms. The highest BCUT2D eigenvalue weighted by molar-refractivity contribution is 7.94. The molecule has 0 unspecified atom stereocenters. The van der Waals surface area contributed by atoms with Crippen LogP contribution < -0.4 is 10.6 Å². The van der Waals surface area contributed by atoms with Crippen molar-refractivity contribution < 1.29 is 9.00 Å². The predicted molar refractivity (Wildman–Crippen MR) is 68.6 cm³/mol. The highest BCUT2D eigenvalue weighted by atomic mass is 32.2. The quantitative estimate of drug-likeness (QED) is 0.741. The van der Waals surface area contributed by atoms with E-state index in [1.54, 1.807) is 0 Å². The van der Waals surface area contributed by atoms with Gasteiger partial charge >= 0.3 is 6.03 Å². The van der Waals surface area contributed by atoms with E-state index in [-0.39, 0.29) is 12.1 Å². The van der Waals surface area contributed by atoms with E-state index in [2.05, 4.69) is 15.0 Å². The van der Waals surface area contributed by atoms with Gasteiger partial charge in [0, 0.05) is 30.6 Å². The Hall–Kier alpha value is -0.620. The van der Waals surface area contributed by atoms with Gasteiger partial charge in [-0.25, -0.2) is 9.00 Å². The topological polar surface area (TPSA) is 70.6 Å². The summed E-state index contributed by atoms with van der Waals surface area (Å²) >= 11 is 0. The summed E-state index contributed by atoms with van der Waals surface area (Å²) < 4.78 is 16.1. The predicted octanol–water partition coefficient (Wildman–Crippen LogP) is 1.10. The van der Waals surface area contributed by atoms with Gasteiger partial charge in [-0.3, -0.25) is 0 Å². The zero-order chi connectivity index (χ0) is 12.1. The fraction of sp³-hybridized carbons (Fsp3) is 0.909. The molecule has 0 aromatic heterocycles. The molecular weight excluding hydrogens is 238 g/mol. The molecule has 5 nitrogen and oxygen atoms in total. The molecule has 1 aliphatic carbocycles. The lowest BCUT2D eigenvalue weighted by Crippen LogP contribution is -2.38. The molecule has 2 aliphatic rings. The summed E-state index contributed by atoms with van der Waals surface area (Å²) in [5.74, 6) is 0.982. The van der Waals surface area contributed by atoms with Crippen molar-refractivity contribution in [3.8, 4) is 0 Å². The number of nitrogens with zero attached hydrogens (tertiary/aromatic N) is 1. The second-order valence-electron chi connectivity index (χ2n) is 4.81. The van der Waals surface area contributed by atoms with Crippen molar-refractivity contribution >= 4 is 15.8 Å². The van der Waals surface area contributed by atoms with Gasteiger partial charge in [0.25, 0.3) is 0 Å². The van der Waals surface area contributed by atoms with Gasteiger partial charge in [-0.15, -0.1) is 4.36 Å². The molecule has 0 aromatic rings. The molecule has 1 heterocycles. The smallest absolute Gasteiger partial charge is 0.333 e. The first-order valence-corrected chi connectivity index (χ1v) is 8.27. The van der Waals surface area contributed by atoms with Crippen molar-refractivity contribution in [3.63, 3.8) is 0 Å². The average molecular weight is 259 g/mol. The van der Waals surface area contributed by atoms with Crippen LogP contribution in [0.15, 0.2) is 4.36 Å². The molecule has 98 valence electrons. The summed E-state index contributed by atoms with van der Waals surface area (Å²) in [4.78, 5) is 11.7. The molecular formula is C11H21N3O2S. The van der Waals surface area contributed by atoms with Crippen LogP contribution in [0, 0.1) is 0 Å². The first-order chi connectivity index (χ1) is 8.18. The van der Waals surface area contributed by atoms with Crippen molar-refractivity contribution in [2.45, 2.75) is 38.1 Å². The molecule has 2 fully saturated rings.